The molecule has 0 bridgehead atoms. The van der Waals surface area contributed by atoms with Crippen LogP contribution in [0.1, 0.15) is 49.3 Å². The summed E-state index contributed by atoms with van der Waals surface area (Å²) in [5.74, 6) is 0.881. The minimum Gasteiger partial charge on any atom is -0.491 e. The molecule has 0 fully saturated rings. The molecule has 0 saturated carbocycles. The largest absolute Gasteiger partial charge is 0.491 e. The smallest absolute Gasteiger partial charge is 0.232 e. The zero-order valence-electron chi connectivity index (χ0n) is 19.1. The number of nitrogens with one attached hydrogen (secondary N) is 1. The Labute approximate surface area is 186 Å². The maximum atomic E-state index is 12.5. The van der Waals surface area contributed by atoms with E-state index in [1.54, 1.807) is 0 Å². The van der Waals surface area contributed by atoms with Gasteiger partial charge in [-0.2, -0.15) is 0 Å². The van der Waals surface area contributed by atoms with Gasteiger partial charge in [0.1, 0.15) is 12.4 Å². The zero-order valence-corrected chi connectivity index (χ0v) is 20.0. The first-order valence-electron chi connectivity index (χ1n) is 10.6. The minimum absolute atomic E-state index is 0.115. The Kier molecular flexibility index (Phi) is 8.92. The highest BCUT2D eigenvalue weighted by molar-refractivity contribution is 7.92. The number of aryl methyl sites for hydroxylation is 2. The summed E-state index contributed by atoms with van der Waals surface area (Å²) in [7, 11) is -3.47. The fourth-order valence-corrected chi connectivity index (χ4v) is 4.51. The Morgan fingerprint density at radius 3 is 2.39 bits per heavy atom. The molecule has 0 atom stereocenters. The molecule has 0 aliphatic carbocycles. The van der Waals surface area contributed by atoms with E-state index in [2.05, 4.69) is 5.32 Å². The summed E-state index contributed by atoms with van der Waals surface area (Å²) in [4.78, 5) is 12.2. The monoisotopic (exact) mass is 446 g/mol. The molecule has 0 radical (unpaired) electrons. The Balaban J connectivity index is 1.90. The highest BCUT2D eigenvalue weighted by atomic mass is 32.2. The Hall–Kier alpha value is -2.54. The molecule has 1 amide bonds. The lowest BCUT2D eigenvalue weighted by Gasteiger charge is -2.28. The van der Waals surface area contributed by atoms with Crippen molar-refractivity contribution in [2.75, 3.05) is 30.3 Å². The van der Waals surface area contributed by atoms with Gasteiger partial charge in [-0.25, -0.2) is 8.42 Å². The van der Waals surface area contributed by atoms with Crippen molar-refractivity contribution in [2.24, 2.45) is 0 Å². The molecule has 170 valence electrons. The average molecular weight is 447 g/mol. The van der Waals surface area contributed by atoms with Gasteiger partial charge in [0.25, 0.3) is 0 Å². The molecule has 2 rings (SSSR count). The first kappa shape index (κ1) is 24.7. The normalized spacial score (nSPS) is 11.4. The first-order chi connectivity index (χ1) is 14.6. The quantitative estimate of drug-likeness (QED) is 0.526. The highest BCUT2D eigenvalue weighted by Crippen LogP contribution is 2.32. The fourth-order valence-electron chi connectivity index (χ4n) is 3.47. The van der Waals surface area contributed by atoms with E-state index in [0.29, 0.717) is 19.6 Å². The predicted octanol–water partition coefficient (Wildman–Crippen LogP) is 4.17. The second-order valence-corrected chi connectivity index (χ2v) is 9.98. The van der Waals surface area contributed by atoms with Gasteiger partial charge in [0.15, 0.2) is 0 Å². The van der Waals surface area contributed by atoms with Crippen LogP contribution < -0.4 is 14.4 Å². The Morgan fingerprint density at radius 2 is 1.74 bits per heavy atom. The lowest BCUT2D eigenvalue weighted by Crippen LogP contribution is -2.34. The molecule has 6 nitrogen and oxygen atoms in total. The maximum absolute atomic E-state index is 12.5. The summed E-state index contributed by atoms with van der Waals surface area (Å²) < 4.78 is 32.1. The number of ether oxygens (including phenoxy) is 1. The van der Waals surface area contributed by atoms with Crippen LogP contribution in [0.2, 0.25) is 0 Å². The SMILES string of the molecule is Cc1ccccc1OCCNC(=O)CCCN(c1c(C)cccc1C(C)C)S(C)(=O)=O. The van der Waals surface area contributed by atoms with Crippen molar-refractivity contribution in [2.45, 2.75) is 46.5 Å². The molecule has 0 unspecified atom stereocenters. The number of amides is 1. The van der Waals surface area contributed by atoms with Crippen molar-refractivity contribution in [3.05, 3.63) is 59.2 Å². The molecule has 0 aliphatic rings. The van der Waals surface area contributed by atoms with Gasteiger partial charge in [-0.1, -0.05) is 50.2 Å². The molecule has 2 aromatic rings. The number of hydrogen-bond acceptors (Lipinski definition) is 4. The van der Waals surface area contributed by atoms with Crippen LogP contribution >= 0.6 is 0 Å². The second kappa shape index (κ2) is 11.2. The van der Waals surface area contributed by atoms with Gasteiger partial charge in [-0.15, -0.1) is 0 Å². The van der Waals surface area contributed by atoms with Crippen molar-refractivity contribution in [1.29, 1.82) is 0 Å². The molecular weight excluding hydrogens is 412 g/mol. The summed E-state index contributed by atoms with van der Waals surface area (Å²) >= 11 is 0. The lowest BCUT2D eigenvalue weighted by molar-refractivity contribution is -0.121. The molecule has 31 heavy (non-hydrogen) atoms. The van der Waals surface area contributed by atoms with Crippen molar-refractivity contribution in [3.8, 4) is 5.75 Å². The number of carbonyl (C=O) groups excluding carboxylic acids is 1. The summed E-state index contributed by atoms with van der Waals surface area (Å²) in [5, 5.41) is 2.83. The van der Waals surface area contributed by atoms with Crippen LogP contribution in [0, 0.1) is 13.8 Å². The molecule has 1 N–H and O–H groups in total. The summed E-state index contributed by atoms with van der Waals surface area (Å²) in [5.41, 5.74) is 3.68. The summed E-state index contributed by atoms with van der Waals surface area (Å²) in [6, 6.07) is 13.6. The maximum Gasteiger partial charge on any atom is 0.232 e. The third-order valence-corrected chi connectivity index (χ3v) is 6.25. The van der Waals surface area contributed by atoms with Gasteiger partial charge in [0.2, 0.25) is 15.9 Å². The van der Waals surface area contributed by atoms with E-state index >= 15 is 0 Å². The van der Waals surface area contributed by atoms with E-state index in [1.807, 2.05) is 70.2 Å². The van der Waals surface area contributed by atoms with E-state index in [9.17, 15) is 13.2 Å². The third-order valence-electron chi connectivity index (χ3n) is 5.08. The van der Waals surface area contributed by atoms with Crippen LogP contribution in [0.5, 0.6) is 5.75 Å². The molecule has 2 aromatic carbocycles. The Bertz CT molecular complexity index is 987. The number of anilines is 1. The molecule has 0 aliphatic heterocycles. The standard InChI is InChI=1S/C24H34N2O4S/c1-18(2)21-12-8-11-20(4)24(21)26(31(5,28)29)16-9-14-23(27)25-15-17-30-22-13-7-6-10-19(22)3/h6-8,10-13,18H,9,14-17H2,1-5H3,(H,25,27). The Morgan fingerprint density at radius 1 is 1.06 bits per heavy atom. The van der Waals surface area contributed by atoms with E-state index in [1.165, 1.54) is 10.6 Å². The number of rotatable bonds is 11. The van der Waals surface area contributed by atoms with Crippen LogP contribution in [-0.4, -0.2) is 40.3 Å². The van der Waals surface area contributed by atoms with Crippen LogP contribution in [0.3, 0.4) is 0 Å². The molecule has 0 aromatic heterocycles. The third kappa shape index (κ3) is 7.28. The van der Waals surface area contributed by atoms with Gasteiger partial charge in [-0.05, 0) is 48.9 Å². The van der Waals surface area contributed by atoms with E-state index in [0.717, 1.165) is 28.1 Å². The molecule has 0 heterocycles. The van der Waals surface area contributed by atoms with Gasteiger partial charge in [0.05, 0.1) is 18.5 Å². The fraction of sp³-hybridized carbons (Fsp3) is 0.458. The second-order valence-electron chi connectivity index (χ2n) is 8.07. The highest BCUT2D eigenvalue weighted by Gasteiger charge is 2.23. The topological polar surface area (TPSA) is 75.7 Å². The van der Waals surface area contributed by atoms with Crippen LogP contribution in [0.4, 0.5) is 5.69 Å². The number of benzene rings is 2. The van der Waals surface area contributed by atoms with Crippen LogP contribution in [0.25, 0.3) is 0 Å². The van der Waals surface area contributed by atoms with E-state index < -0.39 is 10.0 Å². The van der Waals surface area contributed by atoms with Gasteiger partial charge >= 0.3 is 0 Å². The van der Waals surface area contributed by atoms with Gasteiger partial charge in [0, 0.05) is 13.0 Å². The average Bonchev–Trinajstić information content (AvgIpc) is 2.69. The number of hydrogen-bond donors (Lipinski definition) is 1. The number of carbonyl (C=O) groups is 1. The predicted molar refractivity (Wildman–Crippen MR) is 126 cm³/mol. The van der Waals surface area contributed by atoms with Gasteiger partial charge in [-0.3, -0.25) is 9.10 Å². The first-order valence-corrected chi connectivity index (χ1v) is 12.5. The van der Waals surface area contributed by atoms with Crippen molar-refractivity contribution in [3.63, 3.8) is 0 Å². The van der Waals surface area contributed by atoms with Crippen molar-refractivity contribution >= 4 is 21.6 Å². The zero-order chi connectivity index (χ0) is 23.0. The molecule has 0 saturated heterocycles. The van der Waals surface area contributed by atoms with Gasteiger partial charge < -0.3 is 10.1 Å². The number of nitrogens with zero attached hydrogens (tertiary/aromatic N) is 1. The summed E-state index contributed by atoms with van der Waals surface area (Å²) in [6.07, 6.45) is 1.90. The molecular formula is C24H34N2O4S. The van der Waals surface area contributed by atoms with E-state index in [4.69, 9.17) is 4.74 Å². The molecule has 7 heteroatoms. The van der Waals surface area contributed by atoms with E-state index in [-0.39, 0.29) is 24.8 Å². The summed E-state index contributed by atoms with van der Waals surface area (Å²) in [6.45, 7) is 9.03. The van der Waals surface area contributed by atoms with Crippen LogP contribution in [0.15, 0.2) is 42.5 Å². The lowest BCUT2D eigenvalue weighted by atomic mass is 9.98. The minimum atomic E-state index is -3.47. The van der Waals surface area contributed by atoms with Crippen LogP contribution in [-0.2, 0) is 14.8 Å². The molecule has 0 spiro atoms. The number of sulfonamides is 1. The number of para-hydroxylation sites is 2. The van der Waals surface area contributed by atoms with Crippen molar-refractivity contribution in [1.82, 2.24) is 5.32 Å². The van der Waals surface area contributed by atoms with Crippen molar-refractivity contribution < 1.29 is 17.9 Å².